The number of rotatable bonds is 6. The van der Waals surface area contributed by atoms with Crippen LogP contribution in [0.15, 0.2) is 54.6 Å². The predicted molar refractivity (Wildman–Crippen MR) is 82.1 cm³/mol. The number of hydrogen-bond donors (Lipinski definition) is 2. The molecule has 0 spiro atoms. The largest absolute Gasteiger partial charge is 0.372 e. The Morgan fingerprint density at radius 3 is 2.30 bits per heavy atom. The highest BCUT2D eigenvalue weighted by molar-refractivity contribution is 5.32. The minimum absolute atomic E-state index is 0.0708. The summed E-state index contributed by atoms with van der Waals surface area (Å²) in [5, 5.41) is 0. The Balaban J connectivity index is 2.38. The fourth-order valence-electron chi connectivity index (χ4n) is 2.48. The zero-order chi connectivity index (χ0) is 14.4. The van der Waals surface area contributed by atoms with Gasteiger partial charge < -0.3 is 4.74 Å². The highest BCUT2D eigenvalue weighted by Crippen LogP contribution is 2.32. The van der Waals surface area contributed by atoms with Crippen LogP contribution in [0.1, 0.15) is 35.8 Å². The van der Waals surface area contributed by atoms with Crippen molar-refractivity contribution in [2.75, 3.05) is 6.61 Å². The Labute approximate surface area is 120 Å². The van der Waals surface area contributed by atoms with Gasteiger partial charge in [-0.2, -0.15) is 0 Å². The third kappa shape index (κ3) is 3.25. The van der Waals surface area contributed by atoms with E-state index in [1.54, 1.807) is 0 Å². The normalized spacial score (nSPS) is 13.9. The first-order valence-corrected chi connectivity index (χ1v) is 6.96. The van der Waals surface area contributed by atoms with E-state index in [2.05, 4.69) is 36.6 Å². The van der Waals surface area contributed by atoms with Crippen LogP contribution in [0.5, 0.6) is 0 Å². The average Bonchev–Trinajstić information content (AvgIpc) is 2.50. The van der Waals surface area contributed by atoms with Gasteiger partial charge in [-0.25, -0.2) is 5.43 Å². The molecule has 2 atom stereocenters. The number of nitrogens with one attached hydrogen (secondary N) is 1. The molecule has 0 saturated heterocycles. The van der Waals surface area contributed by atoms with Crippen LogP contribution in [-0.4, -0.2) is 6.61 Å². The van der Waals surface area contributed by atoms with E-state index >= 15 is 0 Å². The van der Waals surface area contributed by atoms with Gasteiger partial charge in [-0.05, 0) is 30.5 Å². The van der Waals surface area contributed by atoms with Crippen LogP contribution in [0.4, 0.5) is 0 Å². The number of nitrogens with two attached hydrogens (primary N) is 1. The van der Waals surface area contributed by atoms with Crippen LogP contribution < -0.4 is 11.3 Å². The van der Waals surface area contributed by atoms with Crippen LogP contribution in [0.3, 0.4) is 0 Å². The van der Waals surface area contributed by atoms with Gasteiger partial charge in [0.1, 0.15) is 6.10 Å². The summed E-state index contributed by atoms with van der Waals surface area (Å²) in [6.45, 7) is 4.73. The van der Waals surface area contributed by atoms with E-state index in [1.165, 1.54) is 5.56 Å². The minimum atomic E-state index is -0.104. The maximum atomic E-state index is 5.95. The summed E-state index contributed by atoms with van der Waals surface area (Å²) in [4.78, 5) is 0. The fraction of sp³-hybridized carbons (Fsp3) is 0.294. The second-order valence-corrected chi connectivity index (χ2v) is 4.79. The molecule has 0 saturated carbocycles. The summed E-state index contributed by atoms with van der Waals surface area (Å²) in [6, 6.07) is 18.4. The molecule has 0 aromatic heterocycles. The van der Waals surface area contributed by atoms with Crippen LogP contribution in [0.2, 0.25) is 0 Å². The zero-order valence-electron chi connectivity index (χ0n) is 12.0. The molecule has 3 nitrogen and oxygen atoms in total. The molecular formula is C17H22N2O. The molecule has 0 aliphatic rings. The van der Waals surface area contributed by atoms with Gasteiger partial charge in [-0.3, -0.25) is 5.84 Å². The van der Waals surface area contributed by atoms with Crippen molar-refractivity contribution < 1.29 is 4.74 Å². The van der Waals surface area contributed by atoms with Crippen molar-refractivity contribution in [1.29, 1.82) is 0 Å². The molecule has 20 heavy (non-hydrogen) atoms. The molecule has 2 aromatic carbocycles. The zero-order valence-corrected chi connectivity index (χ0v) is 12.0. The Hall–Kier alpha value is -1.68. The lowest BCUT2D eigenvalue weighted by Gasteiger charge is -2.28. The number of aryl methyl sites for hydroxylation is 1. The van der Waals surface area contributed by atoms with Gasteiger partial charge in [0.25, 0.3) is 0 Å². The third-order valence-corrected chi connectivity index (χ3v) is 3.48. The molecule has 2 unspecified atom stereocenters. The molecule has 0 fully saturated rings. The lowest BCUT2D eigenvalue weighted by Crippen LogP contribution is -2.34. The Bertz CT molecular complexity index is 528. The molecule has 0 aliphatic heterocycles. The second kappa shape index (κ2) is 7.20. The van der Waals surface area contributed by atoms with E-state index < -0.39 is 0 Å². The summed E-state index contributed by atoms with van der Waals surface area (Å²) in [5.41, 5.74) is 6.41. The van der Waals surface area contributed by atoms with Gasteiger partial charge in [0, 0.05) is 6.61 Å². The molecule has 0 bridgehead atoms. The Morgan fingerprint density at radius 1 is 1.05 bits per heavy atom. The maximum Gasteiger partial charge on any atom is 0.103 e. The maximum absolute atomic E-state index is 5.95. The molecule has 0 radical (unpaired) electrons. The number of ether oxygens (including phenoxy) is 1. The number of benzene rings is 2. The SMILES string of the molecule is CCOC(c1ccccc1)C(NN)c1ccccc1C. The lowest BCUT2D eigenvalue weighted by atomic mass is 9.93. The van der Waals surface area contributed by atoms with Crippen molar-refractivity contribution in [3.8, 4) is 0 Å². The lowest BCUT2D eigenvalue weighted by molar-refractivity contribution is 0.0325. The van der Waals surface area contributed by atoms with E-state index in [0.29, 0.717) is 6.61 Å². The van der Waals surface area contributed by atoms with E-state index in [4.69, 9.17) is 10.6 Å². The molecule has 0 amide bonds. The van der Waals surface area contributed by atoms with Gasteiger partial charge in [-0.1, -0.05) is 54.6 Å². The van der Waals surface area contributed by atoms with Crippen LogP contribution in [0.25, 0.3) is 0 Å². The molecule has 0 aliphatic carbocycles. The Morgan fingerprint density at radius 2 is 1.70 bits per heavy atom. The van der Waals surface area contributed by atoms with Crippen LogP contribution >= 0.6 is 0 Å². The first kappa shape index (κ1) is 14.7. The summed E-state index contributed by atoms with van der Waals surface area (Å²) in [6.07, 6.45) is -0.104. The molecule has 106 valence electrons. The molecular weight excluding hydrogens is 248 g/mol. The molecule has 3 N–H and O–H groups in total. The van der Waals surface area contributed by atoms with Crippen LogP contribution in [0, 0.1) is 6.92 Å². The van der Waals surface area contributed by atoms with Gasteiger partial charge in [0.2, 0.25) is 0 Å². The average molecular weight is 270 g/mol. The molecule has 3 heteroatoms. The van der Waals surface area contributed by atoms with Gasteiger partial charge in [0.15, 0.2) is 0 Å². The molecule has 0 heterocycles. The van der Waals surface area contributed by atoms with E-state index in [9.17, 15) is 0 Å². The third-order valence-electron chi connectivity index (χ3n) is 3.48. The van der Waals surface area contributed by atoms with Crippen molar-refractivity contribution in [1.82, 2.24) is 5.43 Å². The van der Waals surface area contributed by atoms with Crippen molar-refractivity contribution in [2.45, 2.75) is 26.0 Å². The van der Waals surface area contributed by atoms with E-state index in [1.807, 2.05) is 37.3 Å². The second-order valence-electron chi connectivity index (χ2n) is 4.79. The van der Waals surface area contributed by atoms with Crippen molar-refractivity contribution >= 4 is 0 Å². The summed E-state index contributed by atoms with van der Waals surface area (Å²) < 4.78 is 5.95. The number of hydrazine groups is 1. The van der Waals surface area contributed by atoms with Gasteiger partial charge in [0.05, 0.1) is 6.04 Å². The quantitative estimate of drug-likeness (QED) is 0.625. The monoisotopic (exact) mass is 270 g/mol. The summed E-state index contributed by atoms with van der Waals surface area (Å²) in [5.74, 6) is 5.81. The summed E-state index contributed by atoms with van der Waals surface area (Å²) >= 11 is 0. The predicted octanol–water partition coefficient (Wildman–Crippen LogP) is 3.28. The van der Waals surface area contributed by atoms with Gasteiger partial charge >= 0.3 is 0 Å². The highest BCUT2D eigenvalue weighted by Gasteiger charge is 2.25. The number of hydrogen-bond acceptors (Lipinski definition) is 3. The highest BCUT2D eigenvalue weighted by atomic mass is 16.5. The standard InChI is InChI=1S/C17H22N2O/c1-3-20-17(14-10-5-4-6-11-14)16(19-18)15-12-8-7-9-13(15)2/h4-12,16-17,19H,3,18H2,1-2H3. The van der Waals surface area contributed by atoms with Crippen molar-refractivity contribution in [3.63, 3.8) is 0 Å². The van der Waals surface area contributed by atoms with E-state index in [-0.39, 0.29) is 12.1 Å². The van der Waals surface area contributed by atoms with Crippen molar-refractivity contribution in [2.24, 2.45) is 5.84 Å². The van der Waals surface area contributed by atoms with Gasteiger partial charge in [-0.15, -0.1) is 0 Å². The molecule has 2 aromatic rings. The van der Waals surface area contributed by atoms with E-state index in [0.717, 1.165) is 11.1 Å². The first-order valence-electron chi connectivity index (χ1n) is 6.96. The first-order chi connectivity index (χ1) is 9.77. The minimum Gasteiger partial charge on any atom is -0.372 e. The Kier molecular flexibility index (Phi) is 5.30. The summed E-state index contributed by atoms with van der Waals surface area (Å²) in [7, 11) is 0. The fourth-order valence-corrected chi connectivity index (χ4v) is 2.48. The van der Waals surface area contributed by atoms with Crippen molar-refractivity contribution in [3.05, 3.63) is 71.3 Å². The van der Waals surface area contributed by atoms with Crippen LogP contribution in [-0.2, 0) is 4.74 Å². The smallest absolute Gasteiger partial charge is 0.103 e. The molecule has 2 rings (SSSR count). The topological polar surface area (TPSA) is 47.3 Å².